The van der Waals surface area contributed by atoms with Gasteiger partial charge < -0.3 is 0 Å². The molecule has 1 aliphatic carbocycles. The van der Waals surface area contributed by atoms with E-state index in [9.17, 15) is 0 Å². The summed E-state index contributed by atoms with van der Waals surface area (Å²) in [6.07, 6.45) is 11.1. The molecule has 0 bridgehead atoms. The van der Waals surface area contributed by atoms with Crippen molar-refractivity contribution in [3.63, 3.8) is 0 Å². The summed E-state index contributed by atoms with van der Waals surface area (Å²) < 4.78 is 0. The first kappa shape index (κ1) is 22.3. The van der Waals surface area contributed by atoms with Crippen molar-refractivity contribution >= 4 is 18.5 Å². The largest absolute Gasteiger partial charge is 0.264 e. The van der Waals surface area contributed by atoms with Gasteiger partial charge in [0.25, 0.3) is 0 Å². The summed E-state index contributed by atoms with van der Waals surface area (Å²) in [6, 6.07) is 8.43. The number of nitrogens with zero attached hydrogens (tertiary/aromatic N) is 2. The Morgan fingerprint density at radius 1 is 0.897 bits per heavy atom. The fraction of sp³-hybridized carbons (Fsp3) is 0.440. The molecule has 1 aliphatic rings. The SMILES string of the molecule is CC(C)(C)C1=C(C(P)(c2cccnc2)c2cccnc2)C(CP)=CC1C(C)(C)C. The van der Waals surface area contributed by atoms with Gasteiger partial charge in [-0.3, -0.25) is 9.97 Å². The second kappa shape index (κ2) is 8.05. The van der Waals surface area contributed by atoms with E-state index in [4.69, 9.17) is 0 Å². The average molecular weight is 425 g/mol. The van der Waals surface area contributed by atoms with Crippen molar-refractivity contribution in [1.29, 1.82) is 0 Å². The maximum absolute atomic E-state index is 4.47. The van der Waals surface area contributed by atoms with Crippen LogP contribution in [0.25, 0.3) is 0 Å². The van der Waals surface area contributed by atoms with E-state index in [1.54, 1.807) is 0 Å². The molecule has 2 nitrogen and oxygen atoms in total. The van der Waals surface area contributed by atoms with Crippen molar-refractivity contribution in [2.24, 2.45) is 16.7 Å². The van der Waals surface area contributed by atoms with Crippen molar-refractivity contribution in [3.05, 3.63) is 83.0 Å². The topological polar surface area (TPSA) is 25.8 Å². The normalized spacial score (nSPS) is 18.2. The van der Waals surface area contributed by atoms with Crippen molar-refractivity contribution in [2.45, 2.75) is 46.7 Å². The molecular weight excluding hydrogens is 390 g/mol. The first-order valence-corrected chi connectivity index (χ1v) is 11.7. The van der Waals surface area contributed by atoms with Gasteiger partial charge in [-0.15, -0.1) is 18.5 Å². The molecule has 29 heavy (non-hydrogen) atoms. The third-order valence-electron chi connectivity index (χ3n) is 5.86. The van der Waals surface area contributed by atoms with E-state index in [-0.39, 0.29) is 10.8 Å². The van der Waals surface area contributed by atoms with Gasteiger partial charge in [-0.1, -0.05) is 65.3 Å². The molecule has 0 saturated heterocycles. The highest BCUT2D eigenvalue weighted by Crippen LogP contribution is 2.58. The first-order chi connectivity index (χ1) is 13.5. The predicted molar refractivity (Wildman–Crippen MR) is 131 cm³/mol. The third-order valence-corrected chi connectivity index (χ3v) is 7.25. The van der Waals surface area contributed by atoms with E-state index in [0.717, 1.165) is 6.16 Å². The van der Waals surface area contributed by atoms with Crippen LogP contribution < -0.4 is 0 Å². The zero-order valence-electron chi connectivity index (χ0n) is 18.5. The second-order valence-electron chi connectivity index (χ2n) is 10.1. The van der Waals surface area contributed by atoms with Crippen molar-refractivity contribution in [1.82, 2.24) is 9.97 Å². The molecule has 2 aromatic rings. The Kier molecular flexibility index (Phi) is 6.20. The minimum absolute atomic E-state index is 0.0393. The number of rotatable bonds is 4. The van der Waals surface area contributed by atoms with Crippen LogP contribution in [0, 0.1) is 16.7 Å². The molecule has 3 unspecified atom stereocenters. The minimum atomic E-state index is -0.395. The fourth-order valence-corrected chi connectivity index (χ4v) is 5.53. The van der Waals surface area contributed by atoms with Crippen molar-refractivity contribution < 1.29 is 0 Å². The Morgan fingerprint density at radius 2 is 1.41 bits per heavy atom. The van der Waals surface area contributed by atoms with Gasteiger partial charge in [0.1, 0.15) is 0 Å². The van der Waals surface area contributed by atoms with Crippen LogP contribution in [-0.4, -0.2) is 16.1 Å². The van der Waals surface area contributed by atoms with Crippen molar-refractivity contribution in [2.75, 3.05) is 6.16 Å². The van der Waals surface area contributed by atoms with Crippen LogP contribution in [0.1, 0.15) is 52.7 Å². The highest BCUT2D eigenvalue weighted by molar-refractivity contribution is 7.19. The highest BCUT2D eigenvalue weighted by atomic mass is 31.0. The van der Waals surface area contributed by atoms with Gasteiger partial charge >= 0.3 is 0 Å². The first-order valence-electron chi connectivity index (χ1n) is 10.3. The van der Waals surface area contributed by atoms with Crippen LogP contribution in [-0.2, 0) is 5.16 Å². The van der Waals surface area contributed by atoms with Crippen LogP contribution in [0.5, 0.6) is 0 Å². The summed E-state index contributed by atoms with van der Waals surface area (Å²) in [4.78, 5) is 8.95. The van der Waals surface area contributed by atoms with Gasteiger partial charge in [0.05, 0.1) is 5.16 Å². The van der Waals surface area contributed by atoms with E-state index in [1.165, 1.54) is 27.8 Å². The van der Waals surface area contributed by atoms with Gasteiger partial charge in [0.2, 0.25) is 0 Å². The second-order valence-corrected chi connectivity index (χ2v) is 11.3. The number of hydrogen-bond acceptors (Lipinski definition) is 2. The predicted octanol–water partition coefficient (Wildman–Crippen LogP) is 6.42. The Labute approximate surface area is 181 Å². The molecule has 0 aromatic carbocycles. The molecule has 0 N–H and O–H groups in total. The Morgan fingerprint density at radius 3 is 1.76 bits per heavy atom. The van der Waals surface area contributed by atoms with Gasteiger partial charge in [-0.05, 0) is 51.4 Å². The number of allylic oxidation sites excluding steroid dienone is 4. The molecule has 0 saturated carbocycles. The Bertz CT molecular complexity index is 877. The fourth-order valence-electron chi connectivity index (χ4n) is 4.50. The average Bonchev–Trinajstić information content (AvgIpc) is 3.10. The van der Waals surface area contributed by atoms with E-state index in [1.807, 2.05) is 36.9 Å². The van der Waals surface area contributed by atoms with E-state index < -0.39 is 5.16 Å². The summed E-state index contributed by atoms with van der Waals surface area (Å²) in [5.41, 5.74) is 6.86. The van der Waals surface area contributed by atoms with Gasteiger partial charge in [-0.25, -0.2) is 0 Å². The zero-order valence-corrected chi connectivity index (χ0v) is 20.8. The lowest BCUT2D eigenvalue weighted by Gasteiger charge is -2.40. The molecule has 0 radical (unpaired) electrons. The zero-order chi connectivity index (χ0) is 21.4. The van der Waals surface area contributed by atoms with Gasteiger partial charge in [-0.2, -0.15) is 0 Å². The minimum Gasteiger partial charge on any atom is -0.264 e. The van der Waals surface area contributed by atoms with E-state index in [2.05, 4.69) is 88.2 Å². The molecule has 4 heteroatoms. The quantitative estimate of drug-likeness (QED) is 0.530. The molecule has 2 heterocycles. The molecule has 0 amide bonds. The molecule has 0 fully saturated rings. The van der Waals surface area contributed by atoms with Crippen LogP contribution in [0.3, 0.4) is 0 Å². The summed E-state index contributed by atoms with van der Waals surface area (Å²) >= 11 is 0. The molecule has 2 aromatic heterocycles. The number of hydrogen-bond donors (Lipinski definition) is 0. The van der Waals surface area contributed by atoms with Gasteiger partial charge in [0, 0.05) is 30.7 Å². The third kappa shape index (κ3) is 4.12. The van der Waals surface area contributed by atoms with E-state index in [0.29, 0.717) is 5.92 Å². The number of aromatic nitrogens is 2. The Hall–Kier alpha value is -1.36. The number of pyridine rings is 2. The molecule has 3 atom stereocenters. The monoisotopic (exact) mass is 424 g/mol. The molecule has 3 rings (SSSR count). The Balaban J connectivity index is 2.43. The lowest BCUT2D eigenvalue weighted by Crippen LogP contribution is -2.31. The van der Waals surface area contributed by atoms with E-state index >= 15 is 0 Å². The molecule has 0 aliphatic heterocycles. The molecular formula is C25H34N2P2. The lowest BCUT2D eigenvalue weighted by molar-refractivity contribution is 0.289. The van der Waals surface area contributed by atoms with Crippen LogP contribution >= 0.6 is 18.5 Å². The smallest absolute Gasteiger partial charge is 0.0624 e. The molecule has 154 valence electrons. The highest BCUT2D eigenvalue weighted by Gasteiger charge is 2.46. The summed E-state index contributed by atoms with van der Waals surface area (Å²) in [7, 11) is 6.14. The van der Waals surface area contributed by atoms with Gasteiger partial charge in [0.15, 0.2) is 0 Å². The van der Waals surface area contributed by atoms with Crippen LogP contribution in [0.2, 0.25) is 0 Å². The van der Waals surface area contributed by atoms with Crippen LogP contribution in [0.15, 0.2) is 71.8 Å². The van der Waals surface area contributed by atoms with Crippen LogP contribution in [0.4, 0.5) is 0 Å². The maximum Gasteiger partial charge on any atom is 0.0624 e. The summed E-state index contributed by atoms with van der Waals surface area (Å²) in [6.45, 7) is 14.1. The van der Waals surface area contributed by atoms with Crippen molar-refractivity contribution in [3.8, 4) is 0 Å². The lowest BCUT2D eigenvalue weighted by atomic mass is 9.67. The summed E-state index contributed by atoms with van der Waals surface area (Å²) in [5, 5.41) is -0.395. The molecule has 0 spiro atoms. The summed E-state index contributed by atoms with van der Waals surface area (Å²) in [5.74, 6) is 0.390. The maximum atomic E-state index is 4.47. The standard InChI is InChI=1S/C25H34N2P2/c1-23(2,3)20-13-17(16-28)21(22(20)24(4,5)6)25(29,18-9-7-11-26-14-18)19-10-8-12-27-15-19/h7-15,20H,16,28-29H2,1-6H3.